The molecule has 0 unspecified atom stereocenters. The Morgan fingerprint density at radius 2 is 2.24 bits per heavy atom. The highest BCUT2D eigenvalue weighted by Crippen LogP contribution is 2.32. The summed E-state index contributed by atoms with van der Waals surface area (Å²) in [7, 11) is -3.36. The Morgan fingerprint density at radius 3 is 2.71 bits per heavy atom. The van der Waals surface area contributed by atoms with Gasteiger partial charge in [-0.2, -0.15) is 9.40 Å². The maximum Gasteiger partial charge on any atom is 0.246 e. The molecule has 1 N–H and O–H groups in total. The Balaban J connectivity index is 2.25. The van der Waals surface area contributed by atoms with E-state index in [2.05, 4.69) is 17.1 Å². The van der Waals surface area contributed by atoms with Crippen LogP contribution in [0.4, 0.5) is 0 Å². The zero-order chi connectivity index (χ0) is 12.5. The van der Waals surface area contributed by atoms with Crippen molar-refractivity contribution in [2.24, 2.45) is 0 Å². The normalized spacial score (nSPS) is 16.6. The third-order valence-corrected chi connectivity index (χ3v) is 5.12. The fourth-order valence-corrected chi connectivity index (χ4v) is 3.75. The summed E-state index contributed by atoms with van der Waals surface area (Å²) in [4.78, 5) is 0.320. The highest BCUT2D eigenvalue weighted by atomic mass is 32.2. The Morgan fingerprint density at radius 1 is 1.53 bits per heavy atom. The van der Waals surface area contributed by atoms with Gasteiger partial charge in [0.05, 0.1) is 11.9 Å². The van der Waals surface area contributed by atoms with E-state index >= 15 is 0 Å². The Kier molecular flexibility index (Phi) is 3.53. The number of rotatable bonds is 6. The summed E-state index contributed by atoms with van der Waals surface area (Å²) >= 11 is 0. The van der Waals surface area contributed by atoms with Crippen molar-refractivity contribution in [2.75, 3.05) is 6.54 Å². The molecule has 1 aliphatic rings. The summed E-state index contributed by atoms with van der Waals surface area (Å²) in [6.07, 6.45) is 5.29. The summed E-state index contributed by atoms with van der Waals surface area (Å²) in [6, 6.07) is 0.209. The molecule has 0 aliphatic heterocycles. The van der Waals surface area contributed by atoms with Crippen LogP contribution in [-0.2, 0) is 10.0 Å². The number of aromatic amines is 1. The van der Waals surface area contributed by atoms with Crippen molar-refractivity contribution in [2.45, 2.75) is 50.5 Å². The number of aryl methyl sites for hydroxylation is 1. The second-order valence-electron chi connectivity index (χ2n) is 4.56. The van der Waals surface area contributed by atoms with Crippen LogP contribution in [0.3, 0.4) is 0 Å². The van der Waals surface area contributed by atoms with E-state index in [1.54, 1.807) is 11.2 Å². The molecule has 6 heteroatoms. The summed E-state index contributed by atoms with van der Waals surface area (Å²) < 4.78 is 26.6. The van der Waals surface area contributed by atoms with Crippen LogP contribution in [0.1, 0.15) is 38.3 Å². The van der Waals surface area contributed by atoms with Crippen molar-refractivity contribution >= 4 is 10.0 Å². The van der Waals surface area contributed by atoms with Crippen LogP contribution in [0, 0.1) is 6.92 Å². The van der Waals surface area contributed by atoms with Gasteiger partial charge in [-0.3, -0.25) is 5.10 Å². The van der Waals surface area contributed by atoms with E-state index in [0.717, 1.165) is 25.7 Å². The Hall–Kier alpha value is -0.880. The van der Waals surface area contributed by atoms with Crippen molar-refractivity contribution < 1.29 is 8.42 Å². The monoisotopic (exact) mass is 257 g/mol. The highest BCUT2D eigenvalue weighted by Gasteiger charge is 2.38. The third kappa shape index (κ3) is 2.52. The van der Waals surface area contributed by atoms with Gasteiger partial charge in [-0.25, -0.2) is 8.42 Å². The van der Waals surface area contributed by atoms with E-state index in [0.29, 0.717) is 17.1 Å². The summed E-state index contributed by atoms with van der Waals surface area (Å²) in [6.45, 7) is 4.43. The maximum atomic E-state index is 12.5. The zero-order valence-electron chi connectivity index (χ0n) is 10.3. The van der Waals surface area contributed by atoms with Crippen molar-refractivity contribution in [3.8, 4) is 0 Å². The molecule has 17 heavy (non-hydrogen) atoms. The quantitative estimate of drug-likeness (QED) is 0.843. The van der Waals surface area contributed by atoms with Crippen LogP contribution in [0.15, 0.2) is 11.1 Å². The predicted octanol–water partition coefficient (Wildman–Crippen LogP) is 1.67. The number of nitrogens with zero attached hydrogens (tertiary/aromatic N) is 2. The second-order valence-corrected chi connectivity index (χ2v) is 6.42. The molecule has 1 aromatic rings. The van der Waals surface area contributed by atoms with Gasteiger partial charge in [0, 0.05) is 12.6 Å². The average molecular weight is 257 g/mol. The van der Waals surface area contributed by atoms with Gasteiger partial charge in [-0.1, -0.05) is 13.3 Å². The van der Waals surface area contributed by atoms with Crippen LogP contribution >= 0.6 is 0 Å². The number of hydrogen-bond donors (Lipinski definition) is 1. The molecule has 0 amide bonds. The molecule has 0 aromatic carbocycles. The molecule has 2 rings (SSSR count). The van der Waals surface area contributed by atoms with E-state index in [1.807, 2.05) is 0 Å². The molecule has 1 aromatic heterocycles. The number of aromatic nitrogens is 2. The van der Waals surface area contributed by atoms with Crippen LogP contribution < -0.4 is 0 Å². The van der Waals surface area contributed by atoms with Gasteiger partial charge in [0.25, 0.3) is 0 Å². The van der Waals surface area contributed by atoms with Crippen molar-refractivity contribution in [1.29, 1.82) is 0 Å². The third-order valence-electron chi connectivity index (χ3n) is 3.06. The first-order valence-electron chi connectivity index (χ1n) is 6.09. The lowest BCUT2D eigenvalue weighted by atomic mass is 10.3. The van der Waals surface area contributed by atoms with Crippen LogP contribution in [0.2, 0.25) is 0 Å². The number of hydrogen-bond acceptors (Lipinski definition) is 3. The molecule has 1 heterocycles. The fourth-order valence-electron chi connectivity index (χ4n) is 1.90. The molecule has 0 spiro atoms. The fraction of sp³-hybridized carbons (Fsp3) is 0.727. The lowest BCUT2D eigenvalue weighted by Gasteiger charge is -2.21. The molecule has 1 fully saturated rings. The minimum atomic E-state index is -3.36. The first-order valence-corrected chi connectivity index (χ1v) is 7.53. The molecule has 0 bridgehead atoms. The SMILES string of the molecule is CCCCN(C1CC1)S(=O)(=O)c1cn[nH]c1C. The van der Waals surface area contributed by atoms with Gasteiger partial charge in [-0.15, -0.1) is 0 Å². The summed E-state index contributed by atoms with van der Waals surface area (Å²) in [5.74, 6) is 0. The summed E-state index contributed by atoms with van der Waals surface area (Å²) in [5, 5.41) is 6.49. The molecule has 5 nitrogen and oxygen atoms in total. The molecule has 0 atom stereocenters. The van der Waals surface area contributed by atoms with Gasteiger partial charge in [0.15, 0.2) is 0 Å². The molecule has 0 saturated heterocycles. The van der Waals surface area contributed by atoms with Gasteiger partial charge in [-0.05, 0) is 26.2 Å². The Bertz CT molecular complexity index is 477. The molecule has 1 saturated carbocycles. The van der Waals surface area contributed by atoms with Crippen LogP contribution in [0.25, 0.3) is 0 Å². The average Bonchev–Trinajstić information content (AvgIpc) is 3.00. The Labute approximate surface area is 102 Å². The minimum absolute atomic E-state index is 0.209. The molecule has 1 aliphatic carbocycles. The molecular formula is C11H19N3O2S. The van der Waals surface area contributed by atoms with E-state index < -0.39 is 10.0 Å². The topological polar surface area (TPSA) is 66.1 Å². The van der Waals surface area contributed by atoms with E-state index in [-0.39, 0.29) is 6.04 Å². The molecular weight excluding hydrogens is 238 g/mol. The van der Waals surface area contributed by atoms with Crippen LogP contribution in [0.5, 0.6) is 0 Å². The highest BCUT2D eigenvalue weighted by molar-refractivity contribution is 7.89. The minimum Gasteiger partial charge on any atom is -0.281 e. The standard InChI is InChI=1S/C11H19N3O2S/c1-3-4-7-14(10-5-6-10)17(15,16)11-8-12-13-9(11)2/h8,10H,3-7H2,1-2H3,(H,12,13). The number of unbranched alkanes of at least 4 members (excludes halogenated alkanes) is 1. The molecule has 96 valence electrons. The first-order chi connectivity index (χ1) is 8.07. The maximum absolute atomic E-state index is 12.5. The van der Waals surface area contributed by atoms with Gasteiger partial charge in [0.1, 0.15) is 4.90 Å². The lowest BCUT2D eigenvalue weighted by molar-refractivity contribution is 0.395. The zero-order valence-corrected chi connectivity index (χ0v) is 11.1. The number of nitrogens with one attached hydrogen (secondary N) is 1. The van der Waals surface area contributed by atoms with Gasteiger partial charge in [0.2, 0.25) is 10.0 Å². The van der Waals surface area contributed by atoms with Crippen LogP contribution in [-0.4, -0.2) is 35.5 Å². The van der Waals surface area contributed by atoms with Gasteiger partial charge >= 0.3 is 0 Å². The largest absolute Gasteiger partial charge is 0.281 e. The first kappa shape index (κ1) is 12.6. The smallest absolute Gasteiger partial charge is 0.246 e. The van der Waals surface area contributed by atoms with Crippen molar-refractivity contribution in [3.05, 3.63) is 11.9 Å². The number of sulfonamides is 1. The van der Waals surface area contributed by atoms with Gasteiger partial charge < -0.3 is 0 Å². The van der Waals surface area contributed by atoms with E-state index in [9.17, 15) is 8.42 Å². The van der Waals surface area contributed by atoms with Crippen molar-refractivity contribution in [1.82, 2.24) is 14.5 Å². The second kappa shape index (κ2) is 4.78. The molecule has 0 radical (unpaired) electrons. The predicted molar refractivity (Wildman–Crippen MR) is 65.1 cm³/mol. The number of H-pyrrole nitrogens is 1. The van der Waals surface area contributed by atoms with E-state index in [4.69, 9.17) is 0 Å². The van der Waals surface area contributed by atoms with E-state index in [1.165, 1.54) is 6.20 Å². The summed E-state index contributed by atoms with van der Waals surface area (Å²) in [5.41, 5.74) is 0.618. The lowest BCUT2D eigenvalue weighted by Crippen LogP contribution is -2.34. The van der Waals surface area contributed by atoms with Crippen molar-refractivity contribution in [3.63, 3.8) is 0 Å².